The highest BCUT2D eigenvalue weighted by atomic mass is 79.9. The van der Waals surface area contributed by atoms with Crippen LogP contribution in [0.15, 0.2) is 57.5 Å². The highest BCUT2D eigenvalue weighted by Gasteiger charge is 2.12. The third-order valence-corrected chi connectivity index (χ3v) is 4.52. The molecule has 2 rings (SSSR count). The first-order valence-electron chi connectivity index (χ1n) is 6.65. The molecule has 0 aromatic heterocycles. The second-order valence-corrected chi connectivity index (χ2v) is 6.53. The van der Waals surface area contributed by atoms with E-state index in [0.29, 0.717) is 0 Å². The summed E-state index contributed by atoms with van der Waals surface area (Å²) >= 11 is 7.07. The summed E-state index contributed by atoms with van der Waals surface area (Å²) < 4.78 is 2.14. The van der Waals surface area contributed by atoms with Crippen LogP contribution in [0.3, 0.4) is 0 Å². The van der Waals surface area contributed by atoms with Crippen molar-refractivity contribution in [3.05, 3.63) is 68.6 Å². The van der Waals surface area contributed by atoms with Gasteiger partial charge >= 0.3 is 0 Å². The van der Waals surface area contributed by atoms with Gasteiger partial charge in [0.05, 0.1) is 0 Å². The average molecular weight is 398 g/mol. The van der Waals surface area contributed by atoms with Crippen LogP contribution < -0.4 is 11.3 Å². The molecular formula is C16H18Br2N2. The van der Waals surface area contributed by atoms with Gasteiger partial charge in [-0.1, -0.05) is 68.3 Å². The first kappa shape index (κ1) is 15.7. The van der Waals surface area contributed by atoms with Crippen molar-refractivity contribution in [2.24, 2.45) is 5.84 Å². The van der Waals surface area contributed by atoms with E-state index in [4.69, 9.17) is 5.84 Å². The number of halogens is 2. The van der Waals surface area contributed by atoms with Gasteiger partial charge in [0.15, 0.2) is 0 Å². The van der Waals surface area contributed by atoms with Gasteiger partial charge in [0, 0.05) is 15.0 Å². The van der Waals surface area contributed by atoms with Crippen molar-refractivity contribution in [2.75, 3.05) is 0 Å². The van der Waals surface area contributed by atoms with E-state index in [0.717, 1.165) is 28.2 Å². The quantitative estimate of drug-likeness (QED) is 0.545. The number of hydrazine groups is 1. The minimum Gasteiger partial charge on any atom is -0.271 e. The lowest BCUT2D eigenvalue weighted by Gasteiger charge is -2.18. The molecule has 0 fully saturated rings. The average Bonchev–Trinajstić information content (AvgIpc) is 2.46. The summed E-state index contributed by atoms with van der Waals surface area (Å²) in [6.45, 7) is 0. The molecule has 0 bridgehead atoms. The summed E-state index contributed by atoms with van der Waals surface area (Å²) in [5, 5.41) is 0. The van der Waals surface area contributed by atoms with Crippen molar-refractivity contribution < 1.29 is 0 Å². The molecule has 20 heavy (non-hydrogen) atoms. The number of nitrogens with two attached hydrogens (primary N) is 1. The summed E-state index contributed by atoms with van der Waals surface area (Å²) in [4.78, 5) is 0. The Bertz CT molecular complexity index is 543. The van der Waals surface area contributed by atoms with Crippen molar-refractivity contribution in [1.29, 1.82) is 0 Å². The summed E-state index contributed by atoms with van der Waals surface area (Å²) in [5.41, 5.74) is 5.49. The second-order valence-electron chi connectivity index (χ2n) is 4.76. The number of nitrogens with one attached hydrogen (secondary N) is 1. The van der Waals surface area contributed by atoms with Crippen molar-refractivity contribution in [3.63, 3.8) is 0 Å². The standard InChI is InChI=1S/C16H18Br2N2/c17-13-9-10-14(15(18)11-13)16(20-19)8-4-7-12-5-2-1-3-6-12/h1-3,5-6,9-11,16,20H,4,7-8,19H2. The third-order valence-electron chi connectivity index (χ3n) is 3.34. The fraction of sp³-hybridized carbons (Fsp3) is 0.250. The summed E-state index contributed by atoms with van der Waals surface area (Å²) in [5.74, 6) is 5.71. The Morgan fingerprint density at radius 2 is 1.80 bits per heavy atom. The van der Waals surface area contributed by atoms with E-state index in [1.165, 1.54) is 11.1 Å². The van der Waals surface area contributed by atoms with Gasteiger partial charge in [0.25, 0.3) is 0 Å². The molecule has 4 heteroatoms. The maximum atomic E-state index is 5.71. The van der Waals surface area contributed by atoms with Crippen LogP contribution in [0, 0.1) is 0 Å². The third kappa shape index (κ3) is 4.42. The fourth-order valence-corrected chi connectivity index (χ4v) is 3.59. The molecule has 0 heterocycles. The highest BCUT2D eigenvalue weighted by Crippen LogP contribution is 2.29. The SMILES string of the molecule is NNC(CCCc1ccccc1)c1ccc(Br)cc1Br. The first-order valence-corrected chi connectivity index (χ1v) is 8.24. The summed E-state index contributed by atoms with van der Waals surface area (Å²) in [7, 11) is 0. The molecule has 2 aromatic carbocycles. The zero-order valence-corrected chi connectivity index (χ0v) is 14.3. The van der Waals surface area contributed by atoms with Crippen LogP contribution in [0.4, 0.5) is 0 Å². The monoisotopic (exact) mass is 396 g/mol. The van der Waals surface area contributed by atoms with E-state index in [2.05, 4.69) is 73.7 Å². The zero-order chi connectivity index (χ0) is 14.4. The molecule has 0 saturated heterocycles. The van der Waals surface area contributed by atoms with E-state index in [1.54, 1.807) is 0 Å². The van der Waals surface area contributed by atoms with Crippen LogP contribution in [0.5, 0.6) is 0 Å². The number of aryl methyl sites for hydroxylation is 1. The molecule has 0 aliphatic heterocycles. The Morgan fingerprint density at radius 1 is 1.05 bits per heavy atom. The summed E-state index contributed by atoms with van der Waals surface area (Å²) in [6, 6.07) is 16.9. The highest BCUT2D eigenvalue weighted by molar-refractivity contribution is 9.11. The Hall–Kier alpha value is -0.680. The van der Waals surface area contributed by atoms with Gasteiger partial charge in [-0.15, -0.1) is 0 Å². The number of rotatable bonds is 6. The molecule has 0 aliphatic carbocycles. The Labute approximate surface area is 137 Å². The van der Waals surface area contributed by atoms with Gasteiger partial charge in [-0.3, -0.25) is 11.3 Å². The predicted octanol–water partition coefficient (Wildman–Crippen LogP) is 4.74. The van der Waals surface area contributed by atoms with Crippen LogP contribution in [-0.4, -0.2) is 0 Å². The Morgan fingerprint density at radius 3 is 2.45 bits per heavy atom. The molecule has 0 radical (unpaired) electrons. The van der Waals surface area contributed by atoms with Crippen LogP contribution in [0.1, 0.15) is 30.0 Å². The number of hydrogen-bond acceptors (Lipinski definition) is 2. The smallest absolute Gasteiger partial charge is 0.0471 e. The molecule has 1 atom stereocenters. The van der Waals surface area contributed by atoms with Crippen LogP contribution in [-0.2, 0) is 6.42 Å². The molecule has 1 unspecified atom stereocenters. The van der Waals surface area contributed by atoms with Crippen molar-refractivity contribution in [2.45, 2.75) is 25.3 Å². The maximum absolute atomic E-state index is 5.71. The van der Waals surface area contributed by atoms with Crippen molar-refractivity contribution >= 4 is 31.9 Å². The van der Waals surface area contributed by atoms with E-state index >= 15 is 0 Å². The Balaban J connectivity index is 1.95. The molecule has 2 aromatic rings. The zero-order valence-electron chi connectivity index (χ0n) is 11.2. The normalized spacial score (nSPS) is 12.3. The van der Waals surface area contributed by atoms with Gasteiger partial charge in [0.1, 0.15) is 0 Å². The maximum Gasteiger partial charge on any atom is 0.0471 e. The lowest BCUT2D eigenvalue weighted by molar-refractivity contribution is 0.497. The lowest BCUT2D eigenvalue weighted by Crippen LogP contribution is -2.28. The van der Waals surface area contributed by atoms with Crippen molar-refractivity contribution in [1.82, 2.24) is 5.43 Å². The largest absolute Gasteiger partial charge is 0.271 e. The molecule has 0 aliphatic rings. The van der Waals surface area contributed by atoms with Crippen LogP contribution in [0.25, 0.3) is 0 Å². The van der Waals surface area contributed by atoms with Crippen LogP contribution >= 0.6 is 31.9 Å². The number of benzene rings is 2. The van der Waals surface area contributed by atoms with Gasteiger partial charge in [-0.05, 0) is 42.5 Å². The van der Waals surface area contributed by atoms with E-state index in [1.807, 2.05) is 12.1 Å². The lowest BCUT2D eigenvalue weighted by atomic mass is 9.99. The van der Waals surface area contributed by atoms with E-state index in [9.17, 15) is 0 Å². The van der Waals surface area contributed by atoms with Gasteiger partial charge < -0.3 is 0 Å². The molecule has 0 spiro atoms. The predicted molar refractivity (Wildman–Crippen MR) is 91.3 cm³/mol. The minimum absolute atomic E-state index is 0.168. The fourth-order valence-electron chi connectivity index (χ4n) is 2.27. The first-order chi connectivity index (χ1) is 9.70. The minimum atomic E-state index is 0.168. The molecule has 0 saturated carbocycles. The van der Waals surface area contributed by atoms with Gasteiger partial charge in [0.2, 0.25) is 0 Å². The second kappa shape index (κ2) is 7.93. The summed E-state index contributed by atoms with van der Waals surface area (Å²) in [6.07, 6.45) is 3.18. The van der Waals surface area contributed by atoms with Crippen molar-refractivity contribution in [3.8, 4) is 0 Å². The van der Waals surface area contributed by atoms with Gasteiger partial charge in [-0.25, -0.2) is 0 Å². The molecular weight excluding hydrogens is 380 g/mol. The number of hydrogen-bond donors (Lipinski definition) is 2. The molecule has 2 nitrogen and oxygen atoms in total. The molecule has 0 amide bonds. The molecule has 3 N–H and O–H groups in total. The Kier molecular flexibility index (Phi) is 6.23. The van der Waals surface area contributed by atoms with Gasteiger partial charge in [-0.2, -0.15) is 0 Å². The van der Waals surface area contributed by atoms with Crippen LogP contribution in [0.2, 0.25) is 0 Å². The topological polar surface area (TPSA) is 38.0 Å². The van der Waals surface area contributed by atoms with E-state index in [-0.39, 0.29) is 6.04 Å². The van der Waals surface area contributed by atoms with E-state index < -0.39 is 0 Å². The molecule has 106 valence electrons.